The molecule has 5 fully saturated rings. The summed E-state index contributed by atoms with van der Waals surface area (Å²) in [6.45, 7) is 6.75. The molecule has 2 aromatic rings. The molecule has 6 heterocycles. The lowest BCUT2D eigenvalue weighted by molar-refractivity contribution is -0.944. The summed E-state index contributed by atoms with van der Waals surface area (Å²) >= 11 is 6.64. The number of H-pyrrole nitrogens is 1. The van der Waals surface area contributed by atoms with Crippen molar-refractivity contribution in [3.8, 4) is 0 Å². The molecule has 7 rings (SSSR count). The number of nitrogens with one attached hydrogen (secondary N) is 1. The monoisotopic (exact) mass is 775 g/mol. The van der Waals surface area contributed by atoms with Crippen molar-refractivity contribution in [2.24, 2.45) is 5.92 Å². The van der Waals surface area contributed by atoms with Crippen LogP contribution >= 0.6 is 31.9 Å². The van der Waals surface area contributed by atoms with Gasteiger partial charge in [-0.15, -0.1) is 0 Å². The number of carbonyl (C=O) groups excluding carboxylic acids is 2. The maximum Gasteiger partial charge on any atom is 0.236 e. The van der Waals surface area contributed by atoms with Crippen LogP contribution < -0.4 is 0 Å². The third-order valence-corrected chi connectivity index (χ3v) is 11.0. The number of hydrogen-bond donors (Lipinski definition) is 1. The van der Waals surface area contributed by atoms with Crippen LogP contribution in [0.2, 0.25) is 0 Å². The van der Waals surface area contributed by atoms with Crippen molar-refractivity contribution in [1.29, 1.82) is 0 Å². The summed E-state index contributed by atoms with van der Waals surface area (Å²) in [7, 11) is -2.02. The number of rotatable bonds is 2. The highest BCUT2D eigenvalue weighted by atomic mass is 79.9. The molecule has 1 unspecified atom stereocenters. The van der Waals surface area contributed by atoms with Crippen molar-refractivity contribution in [2.45, 2.75) is 88.9 Å². The van der Waals surface area contributed by atoms with Crippen LogP contribution in [0, 0.1) is 5.92 Å². The largest absolute Gasteiger partial charge is 0.748 e. The number of Topliss-reactive ketones (excluding diaryl/α,β-unsaturated/α-hetero) is 1. The van der Waals surface area contributed by atoms with Gasteiger partial charge < -0.3 is 13.9 Å². The summed E-state index contributed by atoms with van der Waals surface area (Å²) in [5, 5.41) is 10.7. The maximum atomic E-state index is 11.9. The van der Waals surface area contributed by atoms with E-state index in [2.05, 4.69) is 69.9 Å². The first-order valence-electron chi connectivity index (χ1n) is 15.9. The lowest BCUT2D eigenvalue weighted by atomic mass is 9.90. The second-order valence-corrected chi connectivity index (χ2v) is 16.4. The first-order chi connectivity index (χ1) is 21.2. The second-order valence-electron chi connectivity index (χ2n) is 13.1. The fourth-order valence-electron chi connectivity index (χ4n) is 7.65. The van der Waals surface area contributed by atoms with Crippen molar-refractivity contribution in [2.75, 3.05) is 46.0 Å². The first-order valence-corrected chi connectivity index (χ1v) is 19.3. The highest BCUT2D eigenvalue weighted by molar-refractivity contribution is 9.10. The zero-order valence-corrected chi connectivity index (χ0v) is 30.5. The number of carbonyl (C=O) groups is 2. The summed E-state index contributed by atoms with van der Waals surface area (Å²) in [5.41, 5.74) is 0. The van der Waals surface area contributed by atoms with Gasteiger partial charge in [0.1, 0.15) is 6.54 Å². The average Bonchev–Trinajstić information content (AvgIpc) is 3.79. The molecule has 12 nitrogen and oxygen atoms in total. The molecule has 15 heteroatoms. The van der Waals surface area contributed by atoms with Crippen LogP contribution in [-0.2, 0) is 19.7 Å². The predicted molar refractivity (Wildman–Crippen MR) is 177 cm³/mol. The third kappa shape index (κ3) is 10.2. The minimum absolute atomic E-state index is 0.259. The quantitative estimate of drug-likeness (QED) is 0.357. The Balaban J connectivity index is 0.000000158. The Hall–Kier alpha value is -1.65. The van der Waals surface area contributed by atoms with Crippen LogP contribution in [0.1, 0.15) is 70.8 Å². The molecule has 1 aliphatic carbocycles. The van der Waals surface area contributed by atoms with Crippen molar-refractivity contribution in [3.05, 3.63) is 33.7 Å². The molecule has 45 heavy (non-hydrogen) atoms. The highest BCUT2D eigenvalue weighted by Gasteiger charge is 2.56. The summed E-state index contributed by atoms with van der Waals surface area (Å²) in [6.07, 6.45) is 19.3. The molecule has 252 valence electrons. The van der Waals surface area contributed by atoms with Crippen LogP contribution in [0.4, 0.5) is 0 Å². The summed E-state index contributed by atoms with van der Waals surface area (Å²) in [4.78, 5) is 27.9. The zero-order chi connectivity index (χ0) is 32.8. The highest BCUT2D eigenvalue weighted by Crippen LogP contribution is 2.46. The zero-order valence-electron chi connectivity index (χ0n) is 26.5. The molecule has 1 saturated carbocycles. The molecule has 0 aromatic carbocycles. The van der Waals surface area contributed by atoms with Crippen LogP contribution in [0.15, 0.2) is 33.7 Å². The minimum atomic E-state index is -3.92. The van der Waals surface area contributed by atoms with Crippen LogP contribution in [-0.4, -0.2) is 123 Å². The molecule has 0 radical (unpaired) electrons. The number of nitrogens with zero attached hydrogens (tertiary/aromatic N) is 6. The minimum Gasteiger partial charge on any atom is -0.748 e. The fourth-order valence-corrected chi connectivity index (χ4v) is 8.16. The van der Waals surface area contributed by atoms with Crippen LogP contribution in [0.3, 0.4) is 0 Å². The van der Waals surface area contributed by atoms with Gasteiger partial charge >= 0.3 is 0 Å². The van der Waals surface area contributed by atoms with Crippen molar-refractivity contribution in [1.82, 2.24) is 29.8 Å². The van der Waals surface area contributed by atoms with E-state index in [1.165, 1.54) is 49.6 Å². The van der Waals surface area contributed by atoms with E-state index in [1.807, 2.05) is 18.1 Å². The van der Waals surface area contributed by atoms with Gasteiger partial charge in [-0.3, -0.25) is 24.3 Å². The van der Waals surface area contributed by atoms with Gasteiger partial charge in [0.15, 0.2) is 5.78 Å². The van der Waals surface area contributed by atoms with E-state index in [4.69, 9.17) is 13.0 Å². The Morgan fingerprint density at radius 1 is 0.933 bits per heavy atom. The fraction of sp³-hybridized carbons (Fsp3) is 0.733. The Morgan fingerprint density at radius 2 is 1.53 bits per heavy atom. The molecule has 1 atom stereocenters. The first kappa shape index (κ1) is 36.2. The number of likely N-dealkylation sites (N-methyl/N-ethyl adjacent to an activating group) is 1. The van der Waals surface area contributed by atoms with Gasteiger partial charge in [-0.25, -0.2) is 8.42 Å². The van der Waals surface area contributed by atoms with Gasteiger partial charge in [0.05, 0.1) is 62.7 Å². The second kappa shape index (κ2) is 16.0. The van der Waals surface area contributed by atoms with Crippen molar-refractivity contribution >= 4 is 53.7 Å². The summed E-state index contributed by atoms with van der Waals surface area (Å²) < 4.78 is 32.6. The smallest absolute Gasteiger partial charge is 0.236 e. The van der Waals surface area contributed by atoms with Gasteiger partial charge in [0.2, 0.25) is 5.91 Å². The van der Waals surface area contributed by atoms with Crippen LogP contribution in [0.25, 0.3) is 0 Å². The van der Waals surface area contributed by atoms with Gasteiger partial charge in [-0.05, 0) is 57.5 Å². The molecule has 4 aliphatic heterocycles. The predicted octanol–water partition coefficient (Wildman–Crippen LogP) is 3.97. The van der Waals surface area contributed by atoms with Gasteiger partial charge in [-0.1, -0.05) is 6.92 Å². The normalized spacial score (nSPS) is 31.4. The molecule has 4 saturated heterocycles. The Morgan fingerprint density at radius 3 is 1.98 bits per heavy atom. The maximum absolute atomic E-state index is 11.9. The molecular weight excluding hydrogens is 730 g/mol. The van der Waals surface area contributed by atoms with E-state index >= 15 is 0 Å². The molecular formula is C30H47Br2N7O5S. The van der Waals surface area contributed by atoms with Gasteiger partial charge in [0.25, 0.3) is 0 Å². The molecule has 2 bridgehead atoms. The number of quaternary nitrogens is 1. The number of hydrogen-bond acceptors (Lipinski definition) is 8. The number of amides is 1. The number of aromatic nitrogens is 4. The van der Waals surface area contributed by atoms with E-state index in [1.54, 1.807) is 12.4 Å². The van der Waals surface area contributed by atoms with E-state index in [-0.39, 0.29) is 5.91 Å². The van der Waals surface area contributed by atoms with Crippen LogP contribution in [0.5, 0.6) is 0 Å². The molecule has 1 spiro atoms. The Bertz CT molecular complexity index is 1340. The Kier molecular flexibility index (Phi) is 12.8. The average molecular weight is 778 g/mol. The number of ketones is 1. The lowest BCUT2D eigenvalue weighted by Gasteiger charge is -2.43. The van der Waals surface area contributed by atoms with Gasteiger partial charge in [0, 0.05) is 82.9 Å². The van der Waals surface area contributed by atoms with Crippen molar-refractivity contribution in [3.63, 3.8) is 0 Å². The lowest BCUT2D eigenvalue weighted by Crippen LogP contribution is -2.59. The number of halogens is 2. The van der Waals surface area contributed by atoms with E-state index in [0.717, 1.165) is 59.9 Å². The molecule has 5 aliphatic rings. The number of piperazine rings is 1. The molecule has 1 amide bonds. The topological polar surface area (TPSA) is 144 Å². The Labute approximate surface area is 283 Å². The summed E-state index contributed by atoms with van der Waals surface area (Å²) in [5.74, 6) is 1.14. The number of aromatic amines is 1. The van der Waals surface area contributed by atoms with E-state index in [9.17, 15) is 9.59 Å². The molecule has 1 N–H and O–H groups in total. The summed E-state index contributed by atoms with van der Waals surface area (Å²) in [6, 6.07) is 2.80. The third-order valence-electron chi connectivity index (χ3n) is 10.2. The molecule has 2 aromatic heterocycles. The van der Waals surface area contributed by atoms with Gasteiger partial charge in [-0.2, -0.15) is 10.2 Å². The SMILES string of the molecule is Brc1cn[nH]c1.CC1CC[N+]2(CC1=O)C1CCC2CC1.CN1CCN(C2CCC(n3cc(Br)cn3)CC2)CC1=O.CS(=O)(=O)[O-]. The number of piperidine rings is 1. The van der Waals surface area contributed by atoms with Crippen molar-refractivity contribution < 1.29 is 27.0 Å². The van der Waals surface area contributed by atoms with E-state index in [0.29, 0.717) is 36.6 Å². The standard InChI is InChI=1S/C14H21BrN4O.C12H20NO.C3H3BrN2.CH4O3S/c1-17-6-7-18(10-14(17)20)12-2-4-13(5-3-12)19-9-11(15)8-16-19;1-9-6-7-13(8-12(9)14)10-2-3-11(13)5-4-10;4-3-1-5-6-2-3;1-5(2,3)4/h8-9,12-13H,2-7,10H2,1H3;9-11H,2-8H2,1H3;1-2H,(H,5,6);1H3,(H,2,3,4)/q;+1;;/p-1. The van der Waals surface area contributed by atoms with E-state index < -0.39 is 10.1 Å².